The molecule has 0 bridgehead atoms. The maximum Gasteiger partial charge on any atom is 0.269 e. The molecule has 1 aromatic heterocycles. The number of nitrogens with one attached hydrogen (secondary N) is 1. The van der Waals surface area contributed by atoms with E-state index in [4.69, 9.17) is 11.6 Å². The Morgan fingerprint density at radius 1 is 1.23 bits per heavy atom. The highest BCUT2D eigenvalue weighted by atomic mass is 35.5. The molecule has 1 aliphatic heterocycles. The van der Waals surface area contributed by atoms with Crippen LogP contribution in [0.25, 0.3) is 10.6 Å². The number of hydrogen-bond acceptors (Lipinski definition) is 6. The van der Waals surface area contributed by atoms with Crippen LogP contribution < -0.4 is 10.2 Å². The van der Waals surface area contributed by atoms with Gasteiger partial charge < -0.3 is 10.2 Å². The number of amides is 1. The smallest absolute Gasteiger partial charge is 0.269 e. The van der Waals surface area contributed by atoms with Crippen molar-refractivity contribution in [3.05, 3.63) is 74.2 Å². The number of nitro groups is 1. The zero-order valence-corrected chi connectivity index (χ0v) is 18.4. The van der Waals surface area contributed by atoms with Crippen molar-refractivity contribution in [3.63, 3.8) is 0 Å². The van der Waals surface area contributed by atoms with Crippen molar-refractivity contribution in [3.8, 4) is 10.6 Å². The average molecular weight is 457 g/mol. The van der Waals surface area contributed by atoms with Gasteiger partial charge in [0.15, 0.2) is 0 Å². The third kappa shape index (κ3) is 4.86. The second-order valence-electron chi connectivity index (χ2n) is 7.47. The van der Waals surface area contributed by atoms with E-state index < -0.39 is 4.92 Å². The summed E-state index contributed by atoms with van der Waals surface area (Å²) in [6.07, 6.45) is 1.82. The van der Waals surface area contributed by atoms with Crippen molar-refractivity contribution in [1.29, 1.82) is 0 Å². The Balaban J connectivity index is 1.43. The van der Waals surface area contributed by atoms with Gasteiger partial charge in [-0.25, -0.2) is 4.98 Å². The molecular weight excluding hydrogens is 436 g/mol. The van der Waals surface area contributed by atoms with Crippen LogP contribution in [0.5, 0.6) is 0 Å². The summed E-state index contributed by atoms with van der Waals surface area (Å²) >= 11 is 7.33. The van der Waals surface area contributed by atoms with Crippen LogP contribution in [-0.4, -0.2) is 34.9 Å². The van der Waals surface area contributed by atoms with E-state index in [9.17, 15) is 14.9 Å². The van der Waals surface area contributed by atoms with Crippen LogP contribution in [0.4, 0.5) is 11.4 Å². The summed E-state index contributed by atoms with van der Waals surface area (Å²) in [6, 6.07) is 13.9. The number of carbonyl (C=O) groups is 1. The molecule has 1 N–H and O–H groups in total. The van der Waals surface area contributed by atoms with Gasteiger partial charge >= 0.3 is 0 Å². The second-order valence-corrected chi connectivity index (χ2v) is 8.91. The first kappa shape index (κ1) is 21.3. The number of aromatic nitrogens is 1. The molecule has 0 saturated carbocycles. The minimum atomic E-state index is -0.404. The third-order valence-electron chi connectivity index (χ3n) is 5.28. The van der Waals surface area contributed by atoms with Crippen molar-refractivity contribution >= 4 is 40.2 Å². The molecular formula is C22H21ClN4O3S. The highest BCUT2D eigenvalue weighted by Gasteiger charge is 2.24. The van der Waals surface area contributed by atoms with E-state index in [1.807, 2.05) is 31.2 Å². The van der Waals surface area contributed by atoms with E-state index in [0.717, 1.165) is 35.6 Å². The lowest BCUT2D eigenvalue weighted by Crippen LogP contribution is -2.47. The Bertz CT molecular complexity index is 1100. The predicted octanol–water partition coefficient (Wildman–Crippen LogP) is 5.08. The molecule has 9 heteroatoms. The summed E-state index contributed by atoms with van der Waals surface area (Å²) in [5.41, 5.74) is 2.63. The van der Waals surface area contributed by atoms with Crippen LogP contribution in [0.2, 0.25) is 5.02 Å². The number of carbonyl (C=O) groups excluding carboxylic acids is 1. The van der Waals surface area contributed by atoms with Gasteiger partial charge in [-0.05, 0) is 44.0 Å². The fraction of sp³-hybridized carbons (Fsp3) is 0.273. The summed E-state index contributed by atoms with van der Waals surface area (Å²) in [5, 5.41) is 15.5. The quantitative estimate of drug-likeness (QED) is 0.427. The number of benzene rings is 2. The van der Waals surface area contributed by atoms with Gasteiger partial charge in [-0.2, -0.15) is 0 Å². The van der Waals surface area contributed by atoms with Gasteiger partial charge in [-0.1, -0.05) is 23.7 Å². The molecule has 160 valence electrons. The van der Waals surface area contributed by atoms with Crippen molar-refractivity contribution < 1.29 is 9.72 Å². The number of rotatable bonds is 5. The van der Waals surface area contributed by atoms with Crippen molar-refractivity contribution in [1.82, 2.24) is 10.3 Å². The molecule has 1 saturated heterocycles. The molecule has 7 nitrogen and oxygen atoms in total. The number of nitro benzene ring substituents is 1. The lowest BCUT2D eigenvalue weighted by Gasteiger charge is -2.34. The molecule has 2 heterocycles. The number of non-ortho nitro benzene ring substituents is 1. The number of anilines is 1. The Morgan fingerprint density at radius 2 is 1.94 bits per heavy atom. The number of thiazole rings is 1. The second kappa shape index (κ2) is 9.03. The Kier molecular flexibility index (Phi) is 6.20. The average Bonchev–Trinajstić information content (AvgIpc) is 3.16. The van der Waals surface area contributed by atoms with E-state index in [2.05, 4.69) is 15.2 Å². The Hall–Kier alpha value is -2.97. The lowest BCUT2D eigenvalue weighted by molar-refractivity contribution is -0.384. The van der Waals surface area contributed by atoms with Crippen LogP contribution in [0.15, 0.2) is 48.5 Å². The minimum absolute atomic E-state index is 0.00285. The monoisotopic (exact) mass is 456 g/mol. The van der Waals surface area contributed by atoms with Crippen molar-refractivity contribution in [2.24, 2.45) is 0 Å². The SMILES string of the molecule is Cc1nc(-c2ccc(Cl)cc2)sc1C(=O)NC1CCCN(c2ccc([N+](=O)[O-])cc2)C1. The van der Waals surface area contributed by atoms with Crippen LogP contribution in [0.1, 0.15) is 28.2 Å². The summed E-state index contributed by atoms with van der Waals surface area (Å²) in [7, 11) is 0. The van der Waals surface area contributed by atoms with Crippen LogP contribution in [-0.2, 0) is 0 Å². The van der Waals surface area contributed by atoms with E-state index in [-0.39, 0.29) is 17.6 Å². The molecule has 0 radical (unpaired) electrons. The van der Waals surface area contributed by atoms with Crippen LogP contribution >= 0.6 is 22.9 Å². The highest BCUT2D eigenvalue weighted by Crippen LogP contribution is 2.29. The lowest BCUT2D eigenvalue weighted by atomic mass is 10.0. The molecule has 0 aliphatic carbocycles. The highest BCUT2D eigenvalue weighted by molar-refractivity contribution is 7.17. The number of nitrogens with zero attached hydrogens (tertiary/aromatic N) is 3. The molecule has 31 heavy (non-hydrogen) atoms. The standard InChI is InChI=1S/C22H21ClN4O3S/c1-14-20(31-22(24-14)15-4-6-16(23)7-5-15)21(28)25-17-3-2-12-26(13-17)18-8-10-19(11-9-18)27(29)30/h4-11,17H,2-3,12-13H2,1H3,(H,25,28). The fourth-order valence-corrected chi connectivity index (χ4v) is 4.79. The molecule has 1 fully saturated rings. The molecule has 2 aromatic carbocycles. The Labute approximate surface area is 188 Å². The van der Waals surface area contributed by atoms with Gasteiger partial charge in [0, 0.05) is 47.5 Å². The van der Waals surface area contributed by atoms with Crippen molar-refractivity contribution in [2.45, 2.75) is 25.8 Å². The van der Waals surface area contributed by atoms with Crippen LogP contribution in [0, 0.1) is 17.0 Å². The normalized spacial score (nSPS) is 16.2. The van der Waals surface area contributed by atoms with Crippen molar-refractivity contribution in [2.75, 3.05) is 18.0 Å². The minimum Gasteiger partial charge on any atom is -0.369 e. The number of aryl methyl sites for hydroxylation is 1. The molecule has 0 spiro atoms. The zero-order chi connectivity index (χ0) is 22.0. The largest absolute Gasteiger partial charge is 0.369 e. The summed E-state index contributed by atoms with van der Waals surface area (Å²) in [4.78, 5) is 30.7. The zero-order valence-electron chi connectivity index (χ0n) is 16.9. The summed E-state index contributed by atoms with van der Waals surface area (Å²) in [5.74, 6) is -0.120. The molecule has 1 unspecified atom stereocenters. The third-order valence-corrected chi connectivity index (χ3v) is 6.73. The number of hydrogen-bond donors (Lipinski definition) is 1. The number of halogens is 1. The molecule has 1 amide bonds. The maximum absolute atomic E-state index is 12.9. The van der Waals surface area contributed by atoms with Gasteiger partial charge in [0.05, 0.1) is 10.6 Å². The molecule has 3 aromatic rings. The topological polar surface area (TPSA) is 88.4 Å². The van der Waals surface area contributed by atoms with E-state index >= 15 is 0 Å². The van der Waals surface area contributed by atoms with E-state index in [0.29, 0.717) is 22.1 Å². The maximum atomic E-state index is 12.9. The number of piperidine rings is 1. The molecule has 1 aliphatic rings. The van der Waals surface area contributed by atoms with E-state index in [1.54, 1.807) is 12.1 Å². The van der Waals surface area contributed by atoms with Gasteiger partial charge in [0.25, 0.3) is 11.6 Å². The first-order valence-corrected chi connectivity index (χ1v) is 11.1. The summed E-state index contributed by atoms with van der Waals surface area (Å²) in [6.45, 7) is 3.35. The molecule has 4 rings (SSSR count). The first-order valence-electron chi connectivity index (χ1n) is 9.94. The first-order chi connectivity index (χ1) is 14.9. The molecule has 1 atom stereocenters. The summed E-state index contributed by atoms with van der Waals surface area (Å²) < 4.78 is 0. The van der Waals surface area contributed by atoms with Gasteiger partial charge in [-0.15, -0.1) is 11.3 Å². The van der Waals surface area contributed by atoms with Crippen LogP contribution in [0.3, 0.4) is 0 Å². The van der Waals surface area contributed by atoms with Gasteiger partial charge in [0.2, 0.25) is 0 Å². The van der Waals surface area contributed by atoms with E-state index in [1.165, 1.54) is 23.5 Å². The van der Waals surface area contributed by atoms with Gasteiger partial charge in [-0.3, -0.25) is 14.9 Å². The van der Waals surface area contributed by atoms with Gasteiger partial charge in [0.1, 0.15) is 9.88 Å². The fourth-order valence-electron chi connectivity index (χ4n) is 3.69. The Morgan fingerprint density at radius 3 is 2.61 bits per heavy atom. The predicted molar refractivity (Wildman–Crippen MR) is 123 cm³/mol.